The Bertz CT molecular complexity index is 1010. The number of hydrogen-bond acceptors (Lipinski definition) is 6. The minimum atomic E-state index is -0.473. The summed E-state index contributed by atoms with van der Waals surface area (Å²) in [7, 11) is 0. The lowest BCUT2D eigenvalue weighted by Crippen LogP contribution is -2.28. The Labute approximate surface area is 169 Å². The molecule has 2 atom stereocenters. The summed E-state index contributed by atoms with van der Waals surface area (Å²) in [5, 5.41) is 27.3. The van der Waals surface area contributed by atoms with E-state index in [9.17, 15) is 10.2 Å². The van der Waals surface area contributed by atoms with Gasteiger partial charge in [0.2, 0.25) is 0 Å². The summed E-state index contributed by atoms with van der Waals surface area (Å²) in [5.74, 6) is 1.80. The average molecular weight is 396 g/mol. The Balaban J connectivity index is 1.62. The second-order valence-corrected chi connectivity index (χ2v) is 8.52. The van der Waals surface area contributed by atoms with Crippen LogP contribution < -0.4 is 5.32 Å². The molecule has 0 amide bonds. The highest BCUT2D eigenvalue weighted by molar-refractivity contribution is 5.84. The maximum Gasteiger partial charge on any atom is 0.141 e. The van der Waals surface area contributed by atoms with Crippen LogP contribution in [0.2, 0.25) is 0 Å². The van der Waals surface area contributed by atoms with Crippen LogP contribution in [0.4, 0.5) is 0 Å². The molecule has 3 aromatic rings. The molecule has 1 unspecified atom stereocenters. The Morgan fingerprint density at radius 1 is 1.07 bits per heavy atom. The van der Waals surface area contributed by atoms with Crippen LogP contribution in [0.25, 0.3) is 22.2 Å². The van der Waals surface area contributed by atoms with E-state index in [1.165, 1.54) is 0 Å². The SMILES string of the molecule is Cc1noc(C)c1-c1ccc2c(c1)nc([C@@H]1CCC(O)N1)n2C1CCC(O)CC1. The average Bonchev–Trinajstić information content (AvgIpc) is 3.39. The molecule has 7 nitrogen and oxygen atoms in total. The number of nitrogens with zero attached hydrogens (tertiary/aromatic N) is 3. The summed E-state index contributed by atoms with van der Waals surface area (Å²) in [5.41, 5.74) is 5.02. The van der Waals surface area contributed by atoms with E-state index in [4.69, 9.17) is 9.51 Å². The molecule has 2 aliphatic rings. The normalized spacial score (nSPS) is 27.7. The van der Waals surface area contributed by atoms with Gasteiger partial charge in [-0.3, -0.25) is 5.32 Å². The number of rotatable bonds is 3. The number of aromatic nitrogens is 3. The molecular formula is C22H28N4O3. The van der Waals surface area contributed by atoms with Crippen molar-refractivity contribution in [2.45, 2.75) is 76.8 Å². The molecule has 7 heteroatoms. The molecule has 1 aromatic carbocycles. The quantitative estimate of drug-likeness (QED) is 0.627. The first-order chi connectivity index (χ1) is 14.0. The number of aliphatic hydroxyl groups is 2. The molecule has 2 aromatic heterocycles. The van der Waals surface area contributed by atoms with Crippen molar-refractivity contribution in [1.82, 2.24) is 20.0 Å². The van der Waals surface area contributed by atoms with Gasteiger partial charge in [0.1, 0.15) is 17.8 Å². The molecule has 154 valence electrons. The second-order valence-electron chi connectivity index (χ2n) is 8.52. The largest absolute Gasteiger partial charge is 0.393 e. The van der Waals surface area contributed by atoms with Gasteiger partial charge < -0.3 is 19.3 Å². The fraction of sp³-hybridized carbons (Fsp3) is 0.545. The van der Waals surface area contributed by atoms with E-state index in [0.29, 0.717) is 6.04 Å². The molecule has 2 fully saturated rings. The van der Waals surface area contributed by atoms with Crippen LogP contribution in [-0.4, -0.2) is 37.3 Å². The predicted octanol–water partition coefficient (Wildman–Crippen LogP) is 3.53. The minimum Gasteiger partial charge on any atom is -0.393 e. The van der Waals surface area contributed by atoms with E-state index in [-0.39, 0.29) is 12.1 Å². The summed E-state index contributed by atoms with van der Waals surface area (Å²) in [6, 6.07) is 6.74. The molecular weight excluding hydrogens is 368 g/mol. The van der Waals surface area contributed by atoms with Gasteiger partial charge in [-0.15, -0.1) is 0 Å². The van der Waals surface area contributed by atoms with Crippen molar-refractivity contribution in [3.63, 3.8) is 0 Å². The fourth-order valence-electron chi connectivity index (χ4n) is 5.04. The topological polar surface area (TPSA) is 96.3 Å². The highest BCUT2D eigenvalue weighted by atomic mass is 16.5. The van der Waals surface area contributed by atoms with Gasteiger partial charge >= 0.3 is 0 Å². The molecule has 1 saturated carbocycles. The lowest BCUT2D eigenvalue weighted by atomic mass is 9.92. The first kappa shape index (κ1) is 18.8. The zero-order chi connectivity index (χ0) is 20.1. The summed E-state index contributed by atoms with van der Waals surface area (Å²) < 4.78 is 7.71. The summed E-state index contributed by atoms with van der Waals surface area (Å²) in [6.07, 6.45) is 4.48. The van der Waals surface area contributed by atoms with Crippen LogP contribution in [0, 0.1) is 13.8 Å². The third-order valence-corrected chi connectivity index (χ3v) is 6.50. The van der Waals surface area contributed by atoms with Gasteiger partial charge in [-0.05, 0) is 70.1 Å². The van der Waals surface area contributed by atoms with Crippen LogP contribution in [-0.2, 0) is 0 Å². The molecule has 0 radical (unpaired) electrons. The number of aryl methyl sites for hydroxylation is 2. The van der Waals surface area contributed by atoms with E-state index in [1.807, 2.05) is 13.8 Å². The Morgan fingerprint density at radius 2 is 1.86 bits per heavy atom. The summed E-state index contributed by atoms with van der Waals surface area (Å²) in [6.45, 7) is 3.89. The zero-order valence-corrected chi connectivity index (χ0v) is 16.9. The van der Waals surface area contributed by atoms with Crippen LogP contribution in [0.1, 0.15) is 67.9 Å². The predicted molar refractivity (Wildman–Crippen MR) is 109 cm³/mol. The van der Waals surface area contributed by atoms with Crippen LogP contribution in [0.3, 0.4) is 0 Å². The molecule has 1 aliphatic carbocycles. The molecule has 1 aliphatic heterocycles. The van der Waals surface area contributed by atoms with Crippen LogP contribution in [0.15, 0.2) is 22.7 Å². The summed E-state index contributed by atoms with van der Waals surface area (Å²) >= 11 is 0. The lowest BCUT2D eigenvalue weighted by Gasteiger charge is -2.29. The van der Waals surface area contributed by atoms with Gasteiger partial charge in [0.25, 0.3) is 0 Å². The number of fused-ring (bicyclic) bond motifs is 1. The van der Waals surface area contributed by atoms with Gasteiger partial charge in [0, 0.05) is 11.6 Å². The lowest BCUT2D eigenvalue weighted by molar-refractivity contribution is 0.110. The van der Waals surface area contributed by atoms with E-state index >= 15 is 0 Å². The Kier molecular flexibility index (Phi) is 4.69. The Morgan fingerprint density at radius 3 is 2.52 bits per heavy atom. The standard InChI is InChI=1S/C22H28N4O3/c1-12-21(13(2)29-25-12)14-3-9-19-18(11-14)24-22(17-8-10-20(28)23-17)26(19)15-4-6-16(27)7-5-15/h3,9,11,15-17,20,23,27-28H,4-8,10H2,1-2H3/t15?,16?,17-,20?/m0/s1. The van der Waals surface area contributed by atoms with Gasteiger partial charge in [-0.1, -0.05) is 11.2 Å². The third-order valence-electron chi connectivity index (χ3n) is 6.50. The van der Waals surface area contributed by atoms with E-state index < -0.39 is 6.23 Å². The molecule has 3 N–H and O–H groups in total. The van der Waals surface area contributed by atoms with E-state index in [2.05, 4.69) is 33.2 Å². The van der Waals surface area contributed by atoms with Gasteiger partial charge in [-0.2, -0.15) is 0 Å². The molecule has 5 rings (SSSR count). The smallest absolute Gasteiger partial charge is 0.141 e. The van der Waals surface area contributed by atoms with Crippen molar-refractivity contribution in [2.24, 2.45) is 0 Å². The molecule has 0 bridgehead atoms. The van der Waals surface area contributed by atoms with Crippen molar-refractivity contribution in [3.8, 4) is 11.1 Å². The van der Waals surface area contributed by atoms with Crippen LogP contribution in [0.5, 0.6) is 0 Å². The number of hydrogen-bond donors (Lipinski definition) is 3. The number of aliphatic hydroxyl groups excluding tert-OH is 2. The highest BCUT2D eigenvalue weighted by Gasteiger charge is 2.31. The zero-order valence-electron chi connectivity index (χ0n) is 16.9. The first-order valence-electron chi connectivity index (χ1n) is 10.6. The van der Waals surface area contributed by atoms with Gasteiger partial charge in [-0.25, -0.2) is 4.98 Å². The van der Waals surface area contributed by atoms with Crippen molar-refractivity contribution < 1.29 is 14.7 Å². The number of nitrogens with one attached hydrogen (secondary N) is 1. The fourth-order valence-corrected chi connectivity index (χ4v) is 5.04. The van der Waals surface area contributed by atoms with Crippen molar-refractivity contribution in [1.29, 1.82) is 0 Å². The molecule has 3 heterocycles. The highest BCUT2D eigenvalue weighted by Crippen LogP contribution is 2.38. The molecule has 0 spiro atoms. The summed E-state index contributed by atoms with van der Waals surface area (Å²) in [4.78, 5) is 5.03. The van der Waals surface area contributed by atoms with Gasteiger partial charge in [0.05, 0.1) is 28.9 Å². The van der Waals surface area contributed by atoms with Gasteiger partial charge in [0.15, 0.2) is 0 Å². The van der Waals surface area contributed by atoms with Crippen molar-refractivity contribution in [3.05, 3.63) is 35.5 Å². The molecule has 1 saturated heterocycles. The van der Waals surface area contributed by atoms with Crippen LogP contribution >= 0.6 is 0 Å². The van der Waals surface area contributed by atoms with Crippen molar-refractivity contribution >= 4 is 11.0 Å². The van der Waals surface area contributed by atoms with Crippen molar-refractivity contribution in [2.75, 3.05) is 0 Å². The monoisotopic (exact) mass is 396 g/mol. The number of imidazole rings is 1. The maximum absolute atomic E-state index is 10.0. The third kappa shape index (κ3) is 3.27. The van der Waals surface area contributed by atoms with E-state index in [0.717, 1.165) is 78.0 Å². The first-order valence-corrected chi connectivity index (χ1v) is 10.6. The molecule has 29 heavy (non-hydrogen) atoms. The maximum atomic E-state index is 10.0. The van der Waals surface area contributed by atoms with E-state index in [1.54, 1.807) is 0 Å². The number of benzene rings is 1. The second kappa shape index (κ2) is 7.23. The minimum absolute atomic E-state index is 0.0479. The Hall–Kier alpha value is -2.22.